The van der Waals surface area contributed by atoms with E-state index in [1.165, 1.54) is 12.1 Å². The van der Waals surface area contributed by atoms with Gasteiger partial charge in [-0.3, -0.25) is 4.79 Å². The molecule has 6 heteroatoms. The van der Waals surface area contributed by atoms with Crippen molar-refractivity contribution in [1.29, 1.82) is 0 Å². The Bertz CT molecular complexity index is 678. The Balaban J connectivity index is 1.88. The molecule has 1 aliphatic carbocycles. The molecular weight excluding hydrogens is 275 g/mol. The second kappa shape index (κ2) is 5.47. The van der Waals surface area contributed by atoms with E-state index in [4.69, 9.17) is 4.52 Å². The number of aliphatic carboxylic acids is 1. The number of aromatic nitrogens is 2. The lowest BCUT2D eigenvalue weighted by molar-refractivity contribution is -0.142. The van der Waals surface area contributed by atoms with Gasteiger partial charge >= 0.3 is 5.97 Å². The van der Waals surface area contributed by atoms with Crippen LogP contribution in [0.15, 0.2) is 40.9 Å². The van der Waals surface area contributed by atoms with Gasteiger partial charge in [-0.15, -0.1) is 0 Å². The molecule has 2 atom stereocenters. The second-order valence-electron chi connectivity index (χ2n) is 4.96. The maximum atomic E-state index is 12.9. The third-order valence-corrected chi connectivity index (χ3v) is 3.61. The molecule has 1 heterocycles. The number of halogens is 1. The minimum atomic E-state index is -0.870. The van der Waals surface area contributed by atoms with E-state index < -0.39 is 11.9 Å². The number of carboxylic acid groups (broad SMARTS) is 1. The maximum absolute atomic E-state index is 12.9. The van der Waals surface area contributed by atoms with E-state index in [2.05, 4.69) is 10.1 Å². The molecule has 21 heavy (non-hydrogen) atoms. The van der Waals surface area contributed by atoms with Crippen LogP contribution in [0.3, 0.4) is 0 Å². The number of rotatable bonds is 3. The lowest BCUT2D eigenvalue weighted by atomic mass is 9.83. The minimum Gasteiger partial charge on any atom is -0.481 e. The number of nitrogens with zero attached hydrogens (tertiary/aromatic N) is 2. The summed E-state index contributed by atoms with van der Waals surface area (Å²) < 4.78 is 18.1. The fourth-order valence-electron chi connectivity index (χ4n) is 2.46. The zero-order valence-corrected chi connectivity index (χ0v) is 11.1. The van der Waals surface area contributed by atoms with Crippen molar-refractivity contribution in [2.75, 3.05) is 0 Å². The molecule has 5 nitrogen and oxygen atoms in total. The first-order valence-electron chi connectivity index (χ1n) is 6.62. The smallest absolute Gasteiger partial charge is 0.307 e. The third kappa shape index (κ3) is 2.69. The predicted octanol–water partition coefficient (Wildman–Crippen LogP) is 3.01. The monoisotopic (exact) mass is 288 g/mol. The van der Waals surface area contributed by atoms with Crippen molar-refractivity contribution in [3.8, 4) is 11.4 Å². The van der Waals surface area contributed by atoms with Gasteiger partial charge in [0.2, 0.25) is 11.7 Å². The first-order valence-corrected chi connectivity index (χ1v) is 6.62. The van der Waals surface area contributed by atoms with Gasteiger partial charge in [-0.05, 0) is 37.1 Å². The SMILES string of the molecule is O=C(O)[C@H]1CC=CC[C@H]1c1nc(-c2ccc(F)cc2)no1. The largest absolute Gasteiger partial charge is 0.481 e. The van der Waals surface area contributed by atoms with Crippen molar-refractivity contribution in [3.05, 3.63) is 48.1 Å². The van der Waals surface area contributed by atoms with Crippen LogP contribution in [0.2, 0.25) is 0 Å². The molecule has 1 aliphatic rings. The average Bonchev–Trinajstić information content (AvgIpc) is 2.97. The van der Waals surface area contributed by atoms with Crippen molar-refractivity contribution >= 4 is 5.97 Å². The highest BCUT2D eigenvalue weighted by molar-refractivity contribution is 5.71. The number of carbonyl (C=O) groups is 1. The lowest BCUT2D eigenvalue weighted by Crippen LogP contribution is -2.23. The molecule has 0 fully saturated rings. The highest BCUT2D eigenvalue weighted by Crippen LogP contribution is 2.34. The fourth-order valence-corrected chi connectivity index (χ4v) is 2.46. The molecule has 0 unspecified atom stereocenters. The molecule has 0 spiro atoms. The zero-order valence-electron chi connectivity index (χ0n) is 11.1. The summed E-state index contributed by atoms with van der Waals surface area (Å²) in [5.74, 6) is -1.45. The summed E-state index contributed by atoms with van der Waals surface area (Å²) in [4.78, 5) is 15.6. The number of hydrogen-bond donors (Lipinski definition) is 1. The molecule has 1 N–H and O–H groups in total. The van der Waals surface area contributed by atoms with E-state index in [1.807, 2.05) is 12.2 Å². The van der Waals surface area contributed by atoms with E-state index in [1.54, 1.807) is 12.1 Å². The Morgan fingerprint density at radius 1 is 1.24 bits per heavy atom. The highest BCUT2D eigenvalue weighted by atomic mass is 19.1. The van der Waals surface area contributed by atoms with Crippen LogP contribution in [-0.2, 0) is 4.79 Å². The third-order valence-electron chi connectivity index (χ3n) is 3.61. The van der Waals surface area contributed by atoms with E-state index in [0.717, 1.165) is 0 Å². The van der Waals surface area contributed by atoms with Gasteiger partial charge in [0.1, 0.15) is 5.82 Å². The summed E-state index contributed by atoms with van der Waals surface area (Å²) in [6, 6.07) is 5.74. The van der Waals surface area contributed by atoms with Crippen LogP contribution in [0.1, 0.15) is 24.7 Å². The van der Waals surface area contributed by atoms with Gasteiger partial charge in [-0.1, -0.05) is 17.3 Å². The van der Waals surface area contributed by atoms with Crippen molar-refractivity contribution in [1.82, 2.24) is 10.1 Å². The summed E-state index contributed by atoms with van der Waals surface area (Å²) in [6.45, 7) is 0. The van der Waals surface area contributed by atoms with Crippen molar-refractivity contribution in [2.45, 2.75) is 18.8 Å². The second-order valence-corrected chi connectivity index (χ2v) is 4.96. The van der Waals surface area contributed by atoms with Gasteiger partial charge in [0, 0.05) is 5.56 Å². The van der Waals surface area contributed by atoms with Crippen LogP contribution in [0, 0.1) is 11.7 Å². The number of allylic oxidation sites excluding steroid dienone is 2. The quantitative estimate of drug-likeness (QED) is 0.878. The number of hydrogen-bond acceptors (Lipinski definition) is 4. The first-order chi connectivity index (χ1) is 10.1. The van der Waals surface area contributed by atoms with Gasteiger partial charge in [-0.2, -0.15) is 4.98 Å². The molecule has 0 saturated heterocycles. The topological polar surface area (TPSA) is 76.2 Å². The Hall–Kier alpha value is -2.50. The molecule has 108 valence electrons. The standard InChI is InChI=1S/C15H13FN2O3/c16-10-7-5-9(6-8-10)13-17-14(21-18-13)11-3-1-2-4-12(11)15(19)20/h1-2,5-8,11-12H,3-4H2,(H,19,20)/t11-,12+/m1/s1. The molecule has 1 aromatic heterocycles. The van der Waals surface area contributed by atoms with E-state index >= 15 is 0 Å². The molecule has 1 aromatic carbocycles. The van der Waals surface area contributed by atoms with Crippen LogP contribution in [0.5, 0.6) is 0 Å². The molecule has 2 aromatic rings. The van der Waals surface area contributed by atoms with E-state index in [9.17, 15) is 14.3 Å². The molecule has 0 radical (unpaired) electrons. The summed E-state index contributed by atoms with van der Waals surface area (Å²) >= 11 is 0. The molecule has 0 amide bonds. The Labute approximate surface area is 120 Å². The van der Waals surface area contributed by atoms with E-state index in [0.29, 0.717) is 30.1 Å². The van der Waals surface area contributed by atoms with Crippen LogP contribution in [0.4, 0.5) is 4.39 Å². The maximum Gasteiger partial charge on any atom is 0.307 e. The normalized spacial score (nSPS) is 21.4. The van der Waals surface area contributed by atoms with Crippen molar-refractivity contribution < 1.29 is 18.8 Å². The molecule has 0 saturated carbocycles. The van der Waals surface area contributed by atoms with Gasteiger partial charge in [0.25, 0.3) is 0 Å². The van der Waals surface area contributed by atoms with Crippen molar-refractivity contribution in [2.24, 2.45) is 5.92 Å². The van der Waals surface area contributed by atoms with Gasteiger partial charge in [-0.25, -0.2) is 4.39 Å². The van der Waals surface area contributed by atoms with Crippen molar-refractivity contribution in [3.63, 3.8) is 0 Å². The summed E-state index contributed by atoms with van der Waals surface area (Å²) in [7, 11) is 0. The number of benzene rings is 1. The first kappa shape index (κ1) is 13.5. The lowest BCUT2D eigenvalue weighted by Gasteiger charge is -2.21. The molecule has 0 aliphatic heterocycles. The van der Waals surface area contributed by atoms with Crippen LogP contribution >= 0.6 is 0 Å². The van der Waals surface area contributed by atoms with Gasteiger partial charge in [0.15, 0.2) is 0 Å². The summed E-state index contributed by atoms with van der Waals surface area (Å²) in [5, 5.41) is 13.1. The zero-order chi connectivity index (χ0) is 14.8. The minimum absolute atomic E-state index is 0.311. The fraction of sp³-hybridized carbons (Fsp3) is 0.267. The summed E-state index contributed by atoms with van der Waals surface area (Å²) in [6.07, 6.45) is 4.79. The van der Waals surface area contributed by atoms with E-state index in [-0.39, 0.29) is 11.7 Å². The molecular formula is C15H13FN2O3. The van der Waals surface area contributed by atoms with Gasteiger partial charge < -0.3 is 9.63 Å². The summed E-state index contributed by atoms with van der Waals surface area (Å²) in [5.41, 5.74) is 0.629. The predicted molar refractivity (Wildman–Crippen MR) is 71.9 cm³/mol. The number of carboxylic acids is 1. The Morgan fingerprint density at radius 3 is 2.67 bits per heavy atom. The van der Waals surface area contributed by atoms with Crippen LogP contribution in [0.25, 0.3) is 11.4 Å². The van der Waals surface area contributed by atoms with Crippen LogP contribution < -0.4 is 0 Å². The highest BCUT2D eigenvalue weighted by Gasteiger charge is 2.33. The molecule has 3 rings (SSSR count). The Morgan fingerprint density at radius 2 is 1.95 bits per heavy atom. The van der Waals surface area contributed by atoms with Gasteiger partial charge in [0.05, 0.1) is 11.8 Å². The average molecular weight is 288 g/mol. The molecule has 0 bridgehead atoms. The van der Waals surface area contributed by atoms with Crippen LogP contribution in [-0.4, -0.2) is 21.2 Å². The Kier molecular flexibility index (Phi) is 3.51.